The van der Waals surface area contributed by atoms with Crippen LogP contribution in [0.1, 0.15) is 6.42 Å². The third-order valence-corrected chi connectivity index (χ3v) is 5.13. The fraction of sp³-hybridized carbons (Fsp3) is 0.400. The summed E-state index contributed by atoms with van der Waals surface area (Å²) in [5.41, 5.74) is 0.816. The maximum Gasteiger partial charge on any atom is 0.141 e. The molecule has 0 bridgehead atoms. The van der Waals surface area contributed by atoms with Crippen molar-refractivity contribution in [2.75, 3.05) is 49.4 Å². The minimum atomic E-state index is -0.406. The number of aliphatic hydroxyl groups is 1. The number of rotatable bonds is 6. The van der Waals surface area contributed by atoms with E-state index >= 15 is 0 Å². The molecule has 3 aromatic rings. The van der Waals surface area contributed by atoms with Gasteiger partial charge < -0.3 is 25.0 Å². The molecule has 0 amide bonds. The average molecular weight is 395 g/mol. The van der Waals surface area contributed by atoms with Crippen molar-refractivity contribution in [3.8, 4) is 5.75 Å². The van der Waals surface area contributed by atoms with Gasteiger partial charge in [0.05, 0.1) is 30.2 Å². The molecular formula is C20H25N7O2. The molecule has 152 valence electrons. The molecule has 2 aromatic heterocycles. The van der Waals surface area contributed by atoms with E-state index < -0.39 is 6.10 Å². The molecule has 0 saturated carbocycles. The molecule has 4 rings (SSSR count). The van der Waals surface area contributed by atoms with Crippen LogP contribution in [0.4, 0.5) is 17.5 Å². The molecule has 1 saturated heterocycles. The lowest BCUT2D eigenvalue weighted by molar-refractivity contribution is 0.194. The first-order valence-electron chi connectivity index (χ1n) is 9.52. The second kappa shape index (κ2) is 8.04. The quantitative estimate of drug-likeness (QED) is 0.644. The number of nitrogens with zero attached hydrogens (tertiary/aromatic N) is 6. The van der Waals surface area contributed by atoms with E-state index in [0.717, 1.165) is 28.3 Å². The van der Waals surface area contributed by atoms with Crippen molar-refractivity contribution in [3.63, 3.8) is 0 Å². The molecule has 9 nitrogen and oxygen atoms in total. The topological polar surface area (TPSA) is 99.5 Å². The monoisotopic (exact) mass is 395 g/mol. The number of methoxy groups -OCH3 is 1. The summed E-state index contributed by atoms with van der Waals surface area (Å²) in [7, 11) is 5.52. The van der Waals surface area contributed by atoms with Crippen LogP contribution in [0.25, 0.3) is 10.9 Å². The summed E-state index contributed by atoms with van der Waals surface area (Å²) in [6, 6.07) is 7.74. The van der Waals surface area contributed by atoms with Gasteiger partial charge in [-0.3, -0.25) is 0 Å². The van der Waals surface area contributed by atoms with Crippen LogP contribution < -0.4 is 19.9 Å². The lowest BCUT2D eigenvalue weighted by atomic mass is 10.2. The molecule has 2 atom stereocenters. The van der Waals surface area contributed by atoms with Gasteiger partial charge in [0.25, 0.3) is 0 Å². The maximum atomic E-state index is 10.3. The zero-order chi connectivity index (χ0) is 20.4. The molecule has 3 heterocycles. The van der Waals surface area contributed by atoms with Gasteiger partial charge in [0.15, 0.2) is 0 Å². The number of β-amino-alcohol motifs (C(OH)–C–C–N with tert-alkyl or cyclic N) is 1. The van der Waals surface area contributed by atoms with Gasteiger partial charge in [-0.05, 0) is 18.6 Å². The molecule has 1 aliphatic rings. The number of aliphatic hydroxyl groups excluding tert-OH is 1. The number of hydrogen-bond donors (Lipinski definition) is 2. The predicted octanol–water partition coefficient (Wildman–Crippen LogP) is 1.55. The van der Waals surface area contributed by atoms with Crippen LogP contribution in [0.15, 0.2) is 36.9 Å². The first-order chi connectivity index (χ1) is 14.1. The number of ether oxygens (including phenoxy) is 1. The molecule has 2 N–H and O–H groups in total. The standard InChI is InChI=1S/C20H25N7O2/c1-26(2)17-8-18(24-12-23-17)27-10-14(28)7-13(27)9-21-20-19-15(22-11-25-20)5-4-6-16(19)29-3/h4-6,8,11-14,28H,7,9-10H2,1-3H3,(H,21,22,25)/t13-,14-/m1/s1. The lowest BCUT2D eigenvalue weighted by Gasteiger charge is -2.26. The summed E-state index contributed by atoms with van der Waals surface area (Å²) in [6.45, 7) is 1.13. The van der Waals surface area contributed by atoms with Crippen LogP contribution in [0.5, 0.6) is 5.75 Å². The molecule has 0 aliphatic carbocycles. The average Bonchev–Trinajstić information content (AvgIpc) is 3.12. The number of anilines is 3. The summed E-state index contributed by atoms with van der Waals surface area (Å²) in [6.07, 6.45) is 3.34. The fourth-order valence-corrected chi connectivity index (χ4v) is 3.70. The Kier molecular flexibility index (Phi) is 5.30. The predicted molar refractivity (Wildman–Crippen MR) is 113 cm³/mol. The van der Waals surface area contributed by atoms with Gasteiger partial charge in [-0.25, -0.2) is 19.9 Å². The Hall–Kier alpha value is -3.20. The first-order valence-corrected chi connectivity index (χ1v) is 9.52. The van der Waals surface area contributed by atoms with E-state index in [1.807, 2.05) is 43.3 Å². The second-order valence-corrected chi connectivity index (χ2v) is 7.28. The lowest BCUT2D eigenvalue weighted by Crippen LogP contribution is -2.36. The van der Waals surface area contributed by atoms with E-state index in [1.165, 1.54) is 0 Å². The molecule has 29 heavy (non-hydrogen) atoms. The third kappa shape index (κ3) is 3.86. The molecule has 0 radical (unpaired) electrons. The molecule has 0 spiro atoms. The van der Waals surface area contributed by atoms with Gasteiger partial charge in [0.2, 0.25) is 0 Å². The molecule has 1 aliphatic heterocycles. The van der Waals surface area contributed by atoms with Crippen molar-refractivity contribution in [3.05, 3.63) is 36.9 Å². The fourth-order valence-electron chi connectivity index (χ4n) is 3.70. The highest BCUT2D eigenvalue weighted by Crippen LogP contribution is 2.30. The van der Waals surface area contributed by atoms with E-state index in [0.29, 0.717) is 25.3 Å². The Morgan fingerprint density at radius 3 is 2.83 bits per heavy atom. The maximum absolute atomic E-state index is 10.3. The van der Waals surface area contributed by atoms with Gasteiger partial charge in [-0.15, -0.1) is 0 Å². The highest BCUT2D eigenvalue weighted by atomic mass is 16.5. The van der Waals surface area contributed by atoms with Crippen LogP contribution in [-0.4, -0.2) is 71.5 Å². The summed E-state index contributed by atoms with van der Waals surface area (Å²) >= 11 is 0. The largest absolute Gasteiger partial charge is 0.496 e. The Morgan fingerprint density at radius 1 is 1.21 bits per heavy atom. The van der Waals surface area contributed by atoms with Gasteiger partial charge in [0, 0.05) is 33.3 Å². The van der Waals surface area contributed by atoms with Crippen molar-refractivity contribution in [1.82, 2.24) is 19.9 Å². The summed E-state index contributed by atoms with van der Waals surface area (Å²) < 4.78 is 5.49. The van der Waals surface area contributed by atoms with Crippen molar-refractivity contribution < 1.29 is 9.84 Å². The first kappa shape index (κ1) is 19.1. The zero-order valence-electron chi connectivity index (χ0n) is 16.8. The molecular weight excluding hydrogens is 370 g/mol. The molecule has 1 fully saturated rings. The number of nitrogens with one attached hydrogen (secondary N) is 1. The minimum absolute atomic E-state index is 0.0645. The van der Waals surface area contributed by atoms with E-state index in [4.69, 9.17) is 4.74 Å². The highest BCUT2D eigenvalue weighted by molar-refractivity contribution is 5.94. The van der Waals surface area contributed by atoms with E-state index in [9.17, 15) is 5.11 Å². The zero-order valence-corrected chi connectivity index (χ0v) is 16.8. The van der Waals surface area contributed by atoms with Gasteiger partial charge in [-0.2, -0.15) is 0 Å². The van der Waals surface area contributed by atoms with Gasteiger partial charge in [-0.1, -0.05) is 6.07 Å². The minimum Gasteiger partial charge on any atom is -0.496 e. The van der Waals surface area contributed by atoms with E-state index in [2.05, 4.69) is 30.2 Å². The van der Waals surface area contributed by atoms with Crippen molar-refractivity contribution in [2.24, 2.45) is 0 Å². The number of fused-ring (bicyclic) bond motifs is 1. The van der Waals surface area contributed by atoms with Crippen LogP contribution >= 0.6 is 0 Å². The second-order valence-electron chi connectivity index (χ2n) is 7.28. The van der Waals surface area contributed by atoms with Crippen molar-refractivity contribution >= 4 is 28.4 Å². The molecule has 1 aromatic carbocycles. The van der Waals surface area contributed by atoms with E-state index in [-0.39, 0.29) is 6.04 Å². The van der Waals surface area contributed by atoms with Crippen molar-refractivity contribution in [1.29, 1.82) is 0 Å². The Bertz CT molecular complexity index is 992. The molecule has 0 unspecified atom stereocenters. The van der Waals surface area contributed by atoms with E-state index in [1.54, 1.807) is 19.8 Å². The third-order valence-electron chi connectivity index (χ3n) is 5.13. The normalized spacial score (nSPS) is 18.8. The SMILES string of the molecule is COc1cccc2ncnc(NC[C@H]3C[C@@H](O)CN3c3cc(N(C)C)ncn3)c12. The van der Waals surface area contributed by atoms with Crippen LogP contribution in [0.2, 0.25) is 0 Å². The summed E-state index contributed by atoms with van der Waals surface area (Å²) in [4.78, 5) is 21.5. The van der Waals surface area contributed by atoms with Crippen molar-refractivity contribution in [2.45, 2.75) is 18.6 Å². The summed E-state index contributed by atoms with van der Waals surface area (Å²) in [5.74, 6) is 3.07. The summed E-state index contributed by atoms with van der Waals surface area (Å²) in [5, 5.41) is 14.6. The number of benzene rings is 1. The van der Waals surface area contributed by atoms with Crippen LogP contribution in [0.3, 0.4) is 0 Å². The van der Waals surface area contributed by atoms with Crippen LogP contribution in [0, 0.1) is 0 Å². The number of hydrogen-bond acceptors (Lipinski definition) is 9. The van der Waals surface area contributed by atoms with Gasteiger partial charge >= 0.3 is 0 Å². The van der Waals surface area contributed by atoms with Crippen LogP contribution in [-0.2, 0) is 0 Å². The van der Waals surface area contributed by atoms with Gasteiger partial charge in [0.1, 0.15) is 35.9 Å². The molecule has 9 heteroatoms. The highest BCUT2D eigenvalue weighted by Gasteiger charge is 2.32. The Morgan fingerprint density at radius 2 is 2.03 bits per heavy atom. The number of aromatic nitrogens is 4. The Balaban J connectivity index is 1.58. The smallest absolute Gasteiger partial charge is 0.141 e. The Labute approximate surface area is 169 Å².